The Morgan fingerprint density at radius 2 is 1.82 bits per heavy atom. The standard InChI is InChI=1S/C33H40F3N11O4/c1-23(19-46-22-40-43-44-46)51-30-15-24(3-4-25(30)16-37)26-17-38-32(39-18-26)41-29-20-47(42-31(29)50-12-2-11-49-21-33(34,35)36)28-7-5-27(6-8-28)45-9-13-48-14-10-45/h3-4,15,17-18,20,22-23,27-28H,2,5-14,19,21H2,1H3,(H,38,39,41)/t23-,27-,28-/m0/s1. The second-order valence-electron chi connectivity index (χ2n) is 12.5. The average Bonchev–Trinajstić information content (AvgIpc) is 3.80. The number of hydrogen-bond acceptors (Lipinski definition) is 13. The number of rotatable bonds is 15. The van der Waals surface area contributed by atoms with Crippen molar-refractivity contribution in [2.75, 3.05) is 51.4 Å². The van der Waals surface area contributed by atoms with Gasteiger partial charge in [0.05, 0.1) is 50.8 Å². The Labute approximate surface area is 292 Å². The number of alkyl halides is 3. The zero-order valence-electron chi connectivity index (χ0n) is 28.2. The Balaban J connectivity index is 1.12. The van der Waals surface area contributed by atoms with Crippen LogP contribution in [0.3, 0.4) is 0 Å². The molecule has 2 fully saturated rings. The molecule has 1 atom stereocenters. The van der Waals surface area contributed by atoms with Gasteiger partial charge in [-0.2, -0.15) is 18.4 Å². The zero-order valence-corrected chi connectivity index (χ0v) is 28.2. The molecule has 2 aliphatic rings. The van der Waals surface area contributed by atoms with Gasteiger partial charge < -0.3 is 24.3 Å². The lowest BCUT2D eigenvalue weighted by atomic mass is 9.90. The number of hydrogen-bond donors (Lipinski definition) is 1. The van der Waals surface area contributed by atoms with Crippen LogP contribution >= 0.6 is 0 Å². The largest absolute Gasteiger partial charge is 0.487 e. The molecule has 0 spiro atoms. The molecule has 0 unspecified atom stereocenters. The fourth-order valence-electron chi connectivity index (χ4n) is 6.24. The molecule has 15 nitrogen and oxygen atoms in total. The SMILES string of the molecule is C[C@@H](Cn1cnnn1)Oc1cc(-c2cnc(Nc3cn([C@H]4CC[C@H](N5CCOCC5)CC4)nc3OCCCOCC(F)(F)F)nc2)ccc1C#N. The maximum atomic E-state index is 12.5. The van der Waals surface area contributed by atoms with Crippen LogP contribution in [0.25, 0.3) is 11.1 Å². The van der Waals surface area contributed by atoms with Crippen LogP contribution in [0, 0.1) is 11.3 Å². The van der Waals surface area contributed by atoms with Gasteiger partial charge in [-0.25, -0.2) is 14.6 Å². The first-order valence-corrected chi connectivity index (χ1v) is 16.9. The third-order valence-electron chi connectivity index (χ3n) is 8.74. The van der Waals surface area contributed by atoms with Crippen LogP contribution in [0.5, 0.6) is 11.6 Å². The minimum Gasteiger partial charge on any atom is -0.487 e. The first kappa shape index (κ1) is 35.9. The second-order valence-corrected chi connectivity index (χ2v) is 12.5. The predicted molar refractivity (Wildman–Crippen MR) is 176 cm³/mol. The second kappa shape index (κ2) is 16.9. The van der Waals surface area contributed by atoms with Gasteiger partial charge in [0.1, 0.15) is 36.5 Å². The fraction of sp³-hybridized carbons (Fsp3) is 0.545. The Morgan fingerprint density at radius 3 is 2.53 bits per heavy atom. The fourth-order valence-corrected chi connectivity index (χ4v) is 6.24. The molecule has 1 aliphatic carbocycles. The van der Waals surface area contributed by atoms with Crippen molar-refractivity contribution in [1.82, 2.24) is 44.9 Å². The van der Waals surface area contributed by atoms with Crippen LogP contribution in [0.15, 0.2) is 43.1 Å². The summed E-state index contributed by atoms with van der Waals surface area (Å²) < 4.78 is 63.0. The van der Waals surface area contributed by atoms with Crippen molar-refractivity contribution in [1.29, 1.82) is 5.26 Å². The highest BCUT2D eigenvalue weighted by molar-refractivity contribution is 5.67. The maximum absolute atomic E-state index is 12.5. The third kappa shape index (κ3) is 10.1. The van der Waals surface area contributed by atoms with Crippen molar-refractivity contribution in [3.05, 3.63) is 48.7 Å². The molecular formula is C33H40F3N11O4. The molecule has 272 valence electrons. The van der Waals surface area contributed by atoms with Crippen molar-refractivity contribution < 1.29 is 32.1 Å². The quantitative estimate of drug-likeness (QED) is 0.171. The van der Waals surface area contributed by atoms with E-state index in [1.807, 2.05) is 17.8 Å². The predicted octanol–water partition coefficient (Wildman–Crippen LogP) is 4.57. The molecule has 1 aromatic carbocycles. The van der Waals surface area contributed by atoms with Crippen molar-refractivity contribution in [2.45, 2.75) is 69.9 Å². The van der Waals surface area contributed by atoms with Gasteiger partial charge in [-0.15, -0.1) is 10.2 Å². The zero-order chi connectivity index (χ0) is 35.6. The molecule has 6 rings (SSSR count). The van der Waals surface area contributed by atoms with E-state index >= 15 is 0 Å². The molecule has 51 heavy (non-hydrogen) atoms. The maximum Gasteiger partial charge on any atom is 0.411 e. The molecule has 18 heteroatoms. The smallest absolute Gasteiger partial charge is 0.411 e. The van der Waals surface area contributed by atoms with Crippen LogP contribution in [-0.2, 0) is 16.0 Å². The molecule has 0 bridgehead atoms. The summed E-state index contributed by atoms with van der Waals surface area (Å²) >= 11 is 0. The number of ether oxygens (including phenoxy) is 4. The van der Waals surface area contributed by atoms with Crippen molar-refractivity contribution in [3.63, 3.8) is 0 Å². The number of anilines is 2. The number of nitriles is 1. The highest BCUT2D eigenvalue weighted by atomic mass is 19.4. The number of halogens is 3. The molecular weight excluding hydrogens is 671 g/mol. The topological polar surface area (TPSA) is 163 Å². The summed E-state index contributed by atoms with van der Waals surface area (Å²) in [6, 6.07) is 8.10. The van der Waals surface area contributed by atoms with E-state index in [4.69, 9.17) is 24.0 Å². The van der Waals surface area contributed by atoms with Gasteiger partial charge in [0, 0.05) is 43.5 Å². The molecule has 1 aliphatic heterocycles. The van der Waals surface area contributed by atoms with Crippen LogP contribution in [0.4, 0.5) is 24.8 Å². The molecule has 4 aromatic rings. The summed E-state index contributed by atoms with van der Waals surface area (Å²) in [4.78, 5) is 11.5. The van der Waals surface area contributed by atoms with Crippen LogP contribution < -0.4 is 14.8 Å². The first-order valence-electron chi connectivity index (χ1n) is 16.9. The molecule has 1 saturated heterocycles. The van der Waals surface area contributed by atoms with E-state index in [0.29, 0.717) is 47.0 Å². The lowest BCUT2D eigenvalue weighted by molar-refractivity contribution is -0.174. The molecule has 1 saturated carbocycles. The Hall–Kier alpha value is -4.86. The van der Waals surface area contributed by atoms with Crippen molar-refractivity contribution >= 4 is 11.6 Å². The number of tetrazole rings is 1. The van der Waals surface area contributed by atoms with E-state index in [0.717, 1.165) is 57.6 Å². The highest BCUT2D eigenvalue weighted by Crippen LogP contribution is 2.35. The van der Waals surface area contributed by atoms with Crippen molar-refractivity contribution in [2.24, 2.45) is 0 Å². The number of nitrogens with zero attached hydrogens (tertiary/aromatic N) is 10. The van der Waals surface area contributed by atoms with Gasteiger partial charge in [0.2, 0.25) is 5.95 Å². The monoisotopic (exact) mass is 711 g/mol. The van der Waals surface area contributed by atoms with Gasteiger partial charge in [0.15, 0.2) is 0 Å². The van der Waals surface area contributed by atoms with Crippen LogP contribution in [-0.4, -0.2) is 109 Å². The Morgan fingerprint density at radius 1 is 1.06 bits per heavy atom. The lowest BCUT2D eigenvalue weighted by Crippen LogP contribution is -2.45. The van der Waals surface area contributed by atoms with E-state index in [2.05, 4.69) is 41.8 Å². The minimum absolute atomic E-state index is 0.0978. The van der Waals surface area contributed by atoms with E-state index in [1.54, 1.807) is 35.3 Å². The first-order chi connectivity index (χ1) is 24.7. The number of benzene rings is 1. The number of aromatic nitrogens is 8. The molecule has 0 amide bonds. The lowest BCUT2D eigenvalue weighted by Gasteiger charge is -2.38. The summed E-state index contributed by atoms with van der Waals surface area (Å²) in [6.45, 7) is 4.42. The van der Waals surface area contributed by atoms with E-state index < -0.39 is 12.8 Å². The van der Waals surface area contributed by atoms with E-state index in [-0.39, 0.29) is 31.8 Å². The summed E-state index contributed by atoms with van der Waals surface area (Å²) in [6.07, 6.45) is 6.22. The Bertz CT molecular complexity index is 1720. The highest BCUT2D eigenvalue weighted by Gasteiger charge is 2.29. The van der Waals surface area contributed by atoms with Gasteiger partial charge >= 0.3 is 6.18 Å². The van der Waals surface area contributed by atoms with Crippen LogP contribution in [0.2, 0.25) is 0 Å². The molecule has 1 N–H and O–H groups in total. The minimum atomic E-state index is -4.38. The normalized spacial score (nSPS) is 19.0. The molecule has 3 aromatic heterocycles. The average molecular weight is 712 g/mol. The molecule has 0 radical (unpaired) electrons. The Kier molecular flexibility index (Phi) is 11.9. The van der Waals surface area contributed by atoms with Gasteiger partial charge in [-0.1, -0.05) is 6.07 Å². The number of morpholine rings is 1. The van der Waals surface area contributed by atoms with Crippen LogP contribution in [0.1, 0.15) is 50.6 Å². The van der Waals surface area contributed by atoms with Crippen molar-refractivity contribution in [3.8, 4) is 28.8 Å². The van der Waals surface area contributed by atoms with Gasteiger partial charge in [0.25, 0.3) is 5.88 Å². The van der Waals surface area contributed by atoms with E-state index in [9.17, 15) is 18.4 Å². The number of nitrogens with one attached hydrogen (secondary N) is 1. The molecule has 4 heterocycles. The van der Waals surface area contributed by atoms with E-state index in [1.165, 1.54) is 6.33 Å². The summed E-state index contributed by atoms with van der Waals surface area (Å²) in [5.41, 5.74) is 2.38. The summed E-state index contributed by atoms with van der Waals surface area (Å²) in [5.74, 6) is 1.01. The summed E-state index contributed by atoms with van der Waals surface area (Å²) in [5, 5.41) is 28.7. The third-order valence-corrected chi connectivity index (χ3v) is 8.74. The van der Waals surface area contributed by atoms with Gasteiger partial charge in [-0.3, -0.25) is 9.58 Å². The van der Waals surface area contributed by atoms with Gasteiger partial charge in [-0.05, 0) is 60.7 Å². The summed E-state index contributed by atoms with van der Waals surface area (Å²) in [7, 11) is 0.